The SMILES string of the molecule is Cc1cnc2[nH]cc(-c3oncc3-c3cccc(F)c3F)c2c1. The number of fused-ring (bicyclic) bond motifs is 1. The van der Waals surface area contributed by atoms with Gasteiger partial charge in [0.15, 0.2) is 17.4 Å². The Morgan fingerprint density at radius 3 is 2.83 bits per heavy atom. The molecule has 0 amide bonds. The summed E-state index contributed by atoms with van der Waals surface area (Å²) in [5, 5.41) is 4.59. The van der Waals surface area contributed by atoms with Gasteiger partial charge in [-0.15, -0.1) is 0 Å². The van der Waals surface area contributed by atoms with Crippen molar-refractivity contribution in [2.45, 2.75) is 6.92 Å². The summed E-state index contributed by atoms with van der Waals surface area (Å²) in [5.74, 6) is -1.47. The van der Waals surface area contributed by atoms with E-state index in [9.17, 15) is 8.78 Å². The van der Waals surface area contributed by atoms with Gasteiger partial charge in [-0.1, -0.05) is 17.3 Å². The molecule has 3 heterocycles. The Morgan fingerprint density at radius 2 is 1.96 bits per heavy atom. The number of aromatic nitrogens is 3. The van der Waals surface area contributed by atoms with Gasteiger partial charge in [-0.05, 0) is 24.6 Å². The fourth-order valence-corrected chi connectivity index (χ4v) is 2.63. The van der Waals surface area contributed by atoms with E-state index in [1.54, 1.807) is 12.4 Å². The molecule has 0 unspecified atom stereocenters. The average molecular weight is 311 g/mol. The van der Waals surface area contributed by atoms with Crippen molar-refractivity contribution >= 4 is 11.0 Å². The number of hydrogen-bond donors (Lipinski definition) is 1. The van der Waals surface area contributed by atoms with Crippen molar-refractivity contribution in [3.05, 3.63) is 60.1 Å². The summed E-state index contributed by atoms with van der Waals surface area (Å²) in [6.07, 6.45) is 4.85. The van der Waals surface area contributed by atoms with Gasteiger partial charge in [-0.25, -0.2) is 13.8 Å². The second-order valence-corrected chi connectivity index (χ2v) is 5.28. The smallest absolute Gasteiger partial charge is 0.176 e. The molecule has 0 aliphatic heterocycles. The molecule has 4 nitrogen and oxygen atoms in total. The van der Waals surface area contributed by atoms with Crippen LogP contribution in [0.5, 0.6) is 0 Å². The van der Waals surface area contributed by atoms with E-state index in [1.807, 2.05) is 13.0 Å². The van der Waals surface area contributed by atoms with Gasteiger partial charge in [0, 0.05) is 28.9 Å². The van der Waals surface area contributed by atoms with Gasteiger partial charge >= 0.3 is 0 Å². The predicted octanol–water partition coefficient (Wildman–Crippen LogP) is 4.47. The standard InChI is InChI=1S/C17H11F2N3O/c1-9-5-11-12(7-21-17(11)20-6-9)16-13(8-22-23-16)10-3-2-4-14(18)15(10)19/h2-8H,1H3,(H,20,21). The predicted molar refractivity (Wildman–Crippen MR) is 81.7 cm³/mol. The maximum absolute atomic E-state index is 14.1. The zero-order chi connectivity index (χ0) is 16.0. The molecule has 0 bridgehead atoms. The molecule has 1 N–H and O–H groups in total. The zero-order valence-electron chi connectivity index (χ0n) is 12.1. The lowest BCUT2D eigenvalue weighted by Crippen LogP contribution is -1.89. The minimum absolute atomic E-state index is 0.108. The third-order valence-electron chi connectivity index (χ3n) is 3.72. The molecule has 0 atom stereocenters. The van der Waals surface area contributed by atoms with Crippen LogP contribution in [0.4, 0.5) is 8.78 Å². The Balaban J connectivity index is 1.96. The van der Waals surface area contributed by atoms with Crippen LogP contribution in [-0.2, 0) is 0 Å². The second kappa shape index (κ2) is 5.01. The van der Waals surface area contributed by atoms with Crippen LogP contribution in [0.25, 0.3) is 33.5 Å². The summed E-state index contributed by atoms with van der Waals surface area (Å²) >= 11 is 0. The second-order valence-electron chi connectivity index (χ2n) is 5.28. The van der Waals surface area contributed by atoms with E-state index in [1.165, 1.54) is 18.3 Å². The van der Waals surface area contributed by atoms with Crippen molar-refractivity contribution in [1.82, 2.24) is 15.1 Å². The number of H-pyrrole nitrogens is 1. The Hall–Kier alpha value is -3.02. The van der Waals surface area contributed by atoms with Crippen molar-refractivity contribution in [2.24, 2.45) is 0 Å². The summed E-state index contributed by atoms with van der Waals surface area (Å²) in [7, 11) is 0. The average Bonchev–Trinajstić information content (AvgIpc) is 3.15. The van der Waals surface area contributed by atoms with Crippen molar-refractivity contribution in [3.8, 4) is 22.5 Å². The summed E-state index contributed by atoms with van der Waals surface area (Å²) < 4.78 is 32.9. The lowest BCUT2D eigenvalue weighted by molar-refractivity contribution is 0.432. The molecule has 114 valence electrons. The highest BCUT2D eigenvalue weighted by molar-refractivity contribution is 5.96. The van der Waals surface area contributed by atoms with E-state index in [0.29, 0.717) is 22.5 Å². The normalized spacial score (nSPS) is 11.3. The minimum Gasteiger partial charge on any atom is -0.356 e. The van der Waals surface area contributed by atoms with Crippen LogP contribution in [0.15, 0.2) is 47.4 Å². The first-order chi connectivity index (χ1) is 11.1. The topological polar surface area (TPSA) is 54.7 Å². The lowest BCUT2D eigenvalue weighted by Gasteiger charge is -2.03. The number of pyridine rings is 1. The molecule has 4 aromatic rings. The van der Waals surface area contributed by atoms with Gasteiger partial charge in [0.1, 0.15) is 5.65 Å². The van der Waals surface area contributed by atoms with E-state index in [-0.39, 0.29) is 5.56 Å². The highest BCUT2D eigenvalue weighted by atomic mass is 19.2. The van der Waals surface area contributed by atoms with E-state index in [0.717, 1.165) is 17.0 Å². The van der Waals surface area contributed by atoms with Crippen LogP contribution < -0.4 is 0 Å². The molecule has 3 aromatic heterocycles. The summed E-state index contributed by atoms with van der Waals surface area (Å²) in [6.45, 7) is 1.93. The van der Waals surface area contributed by atoms with Gasteiger partial charge in [0.2, 0.25) is 0 Å². The number of aromatic amines is 1. The summed E-state index contributed by atoms with van der Waals surface area (Å²) in [5.41, 5.74) is 2.87. The number of nitrogens with zero attached hydrogens (tertiary/aromatic N) is 2. The van der Waals surface area contributed by atoms with Crippen molar-refractivity contribution in [3.63, 3.8) is 0 Å². The van der Waals surface area contributed by atoms with Gasteiger partial charge in [-0.3, -0.25) is 0 Å². The number of benzene rings is 1. The molecule has 0 radical (unpaired) electrons. The quantitative estimate of drug-likeness (QED) is 0.594. The Morgan fingerprint density at radius 1 is 1.09 bits per heavy atom. The first kappa shape index (κ1) is 13.6. The zero-order valence-corrected chi connectivity index (χ0v) is 12.1. The molecule has 0 aliphatic carbocycles. The molecule has 0 fully saturated rings. The largest absolute Gasteiger partial charge is 0.356 e. The van der Waals surface area contributed by atoms with Gasteiger partial charge < -0.3 is 9.51 Å². The van der Waals surface area contributed by atoms with Crippen LogP contribution in [0.1, 0.15) is 5.56 Å². The molecular weight excluding hydrogens is 300 g/mol. The van der Waals surface area contributed by atoms with Crippen LogP contribution in [0.3, 0.4) is 0 Å². The molecule has 0 saturated heterocycles. The monoisotopic (exact) mass is 311 g/mol. The van der Waals surface area contributed by atoms with Crippen LogP contribution in [0, 0.1) is 18.6 Å². The molecule has 0 aliphatic rings. The fourth-order valence-electron chi connectivity index (χ4n) is 2.63. The Bertz CT molecular complexity index is 1020. The van der Waals surface area contributed by atoms with E-state index < -0.39 is 11.6 Å². The van der Waals surface area contributed by atoms with Gasteiger partial charge in [0.25, 0.3) is 0 Å². The number of hydrogen-bond acceptors (Lipinski definition) is 3. The number of halogens is 2. The van der Waals surface area contributed by atoms with E-state index in [2.05, 4.69) is 15.1 Å². The van der Waals surface area contributed by atoms with Gasteiger partial charge in [0.05, 0.1) is 11.8 Å². The lowest BCUT2D eigenvalue weighted by atomic mass is 10.0. The number of rotatable bonds is 2. The third-order valence-corrected chi connectivity index (χ3v) is 3.72. The minimum atomic E-state index is -0.925. The first-order valence-corrected chi connectivity index (χ1v) is 6.98. The van der Waals surface area contributed by atoms with Crippen LogP contribution in [0.2, 0.25) is 0 Å². The molecule has 23 heavy (non-hydrogen) atoms. The summed E-state index contributed by atoms with van der Waals surface area (Å²) in [4.78, 5) is 7.34. The summed E-state index contributed by atoms with van der Waals surface area (Å²) in [6, 6.07) is 5.96. The van der Waals surface area contributed by atoms with Crippen LogP contribution in [-0.4, -0.2) is 15.1 Å². The van der Waals surface area contributed by atoms with E-state index in [4.69, 9.17) is 4.52 Å². The van der Waals surface area contributed by atoms with Crippen molar-refractivity contribution in [1.29, 1.82) is 0 Å². The molecule has 4 rings (SSSR count). The third kappa shape index (κ3) is 2.11. The number of nitrogens with one attached hydrogen (secondary N) is 1. The van der Waals surface area contributed by atoms with Crippen molar-refractivity contribution < 1.29 is 13.3 Å². The van der Waals surface area contributed by atoms with Gasteiger partial charge in [-0.2, -0.15) is 0 Å². The van der Waals surface area contributed by atoms with E-state index >= 15 is 0 Å². The molecular formula is C17H11F2N3O. The van der Waals surface area contributed by atoms with Crippen LogP contribution >= 0.6 is 0 Å². The maximum atomic E-state index is 14.1. The number of aryl methyl sites for hydroxylation is 1. The highest BCUT2D eigenvalue weighted by Crippen LogP contribution is 2.37. The molecule has 0 spiro atoms. The fraction of sp³-hybridized carbons (Fsp3) is 0.0588. The molecule has 1 aromatic carbocycles. The Labute approximate surface area is 129 Å². The highest BCUT2D eigenvalue weighted by Gasteiger charge is 2.20. The molecule has 0 saturated carbocycles. The van der Waals surface area contributed by atoms with Crippen molar-refractivity contribution in [2.75, 3.05) is 0 Å². The maximum Gasteiger partial charge on any atom is 0.176 e. The molecule has 6 heteroatoms. The first-order valence-electron chi connectivity index (χ1n) is 6.98. The Kier molecular flexibility index (Phi) is 2.97.